The Labute approximate surface area is 120 Å². The molecule has 1 aromatic rings. The van der Waals surface area contributed by atoms with Gasteiger partial charge in [0, 0.05) is 12.8 Å². The highest BCUT2D eigenvalue weighted by Gasteiger charge is 2.40. The number of rotatable bonds is 3. The average Bonchev–Trinajstić information content (AvgIpc) is 2.95. The number of nitrogens with one attached hydrogen (secondary N) is 1. The Bertz CT molecular complexity index is 520. The van der Waals surface area contributed by atoms with E-state index in [1.807, 2.05) is 6.92 Å². The number of nitrogens with zero attached hydrogens (tertiary/aromatic N) is 4. The molecule has 1 aliphatic heterocycles. The minimum atomic E-state index is -0.983. The van der Waals surface area contributed by atoms with Gasteiger partial charge >= 0.3 is 12.0 Å². The van der Waals surface area contributed by atoms with Crippen molar-refractivity contribution < 1.29 is 14.7 Å². The van der Waals surface area contributed by atoms with Gasteiger partial charge in [0.1, 0.15) is 12.4 Å². The molecule has 9 heteroatoms. The standard InChI is InChI=1S/C11H17N5O3S/c1-6(9-14-12-5-15(9)3)13-11(19)16-7(2)20-4-8(16)10(17)18/h5-8H,4H2,1-3H3,(H,13,19)(H,17,18). The van der Waals surface area contributed by atoms with Gasteiger partial charge < -0.3 is 15.0 Å². The van der Waals surface area contributed by atoms with E-state index in [0.29, 0.717) is 11.6 Å². The maximum absolute atomic E-state index is 12.3. The minimum Gasteiger partial charge on any atom is -0.480 e. The first kappa shape index (κ1) is 14.6. The number of urea groups is 1. The molecule has 3 unspecified atom stereocenters. The largest absolute Gasteiger partial charge is 0.480 e. The van der Waals surface area contributed by atoms with Gasteiger partial charge in [0.05, 0.1) is 11.4 Å². The molecule has 0 saturated carbocycles. The van der Waals surface area contributed by atoms with Crippen LogP contribution in [0.3, 0.4) is 0 Å². The first-order chi connectivity index (χ1) is 9.41. The molecule has 2 amide bonds. The molecule has 0 radical (unpaired) electrons. The van der Waals surface area contributed by atoms with Crippen LogP contribution in [0.4, 0.5) is 4.79 Å². The lowest BCUT2D eigenvalue weighted by Crippen LogP contribution is -2.50. The van der Waals surface area contributed by atoms with Crippen molar-refractivity contribution in [3.63, 3.8) is 0 Å². The summed E-state index contributed by atoms with van der Waals surface area (Å²) >= 11 is 1.45. The maximum atomic E-state index is 12.3. The normalized spacial score (nSPS) is 23.6. The number of aromatic nitrogens is 3. The lowest BCUT2D eigenvalue weighted by atomic mass is 10.3. The number of aryl methyl sites for hydroxylation is 1. The van der Waals surface area contributed by atoms with E-state index in [-0.39, 0.29) is 11.4 Å². The third-order valence-corrected chi connectivity index (χ3v) is 4.43. The molecule has 2 rings (SSSR count). The molecule has 20 heavy (non-hydrogen) atoms. The molecule has 2 N–H and O–H groups in total. The van der Waals surface area contributed by atoms with Crippen LogP contribution in [0, 0.1) is 0 Å². The molecule has 1 aliphatic rings. The van der Waals surface area contributed by atoms with Crippen LogP contribution in [0.15, 0.2) is 6.33 Å². The summed E-state index contributed by atoms with van der Waals surface area (Å²) in [7, 11) is 1.78. The van der Waals surface area contributed by atoms with Gasteiger partial charge in [0.25, 0.3) is 0 Å². The molecule has 0 aliphatic carbocycles. The molecule has 0 spiro atoms. The number of carboxylic acids is 1. The van der Waals surface area contributed by atoms with Crippen LogP contribution in [-0.4, -0.2) is 53.9 Å². The number of thioether (sulfide) groups is 1. The van der Waals surface area contributed by atoms with Crippen molar-refractivity contribution in [2.75, 3.05) is 5.75 Å². The Balaban J connectivity index is 2.07. The summed E-state index contributed by atoms with van der Waals surface area (Å²) in [6, 6.07) is -1.53. The zero-order chi connectivity index (χ0) is 14.9. The van der Waals surface area contributed by atoms with Gasteiger partial charge in [-0.05, 0) is 13.8 Å². The highest BCUT2D eigenvalue weighted by molar-refractivity contribution is 8.00. The topological polar surface area (TPSA) is 100 Å². The van der Waals surface area contributed by atoms with E-state index >= 15 is 0 Å². The third kappa shape index (κ3) is 2.72. The van der Waals surface area contributed by atoms with E-state index in [1.165, 1.54) is 16.7 Å². The van der Waals surface area contributed by atoms with Crippen molar-refractivity contribution >= 4 is 23.8 Å². The fourth-order valence-electron chi connectivity index (χ4n) is 2.15. The predicted molar refractivity (Wildman–Crippen MR) is 73.1 cm³/mol. The van der Waals surface area contributed by atoms with E-state index in [2.05, 4.69) is 15.5 Å². The number of carbonyl (C=O) groups excluding carboxylic acids is 1. The summed E-state index contributed by atoms with van der Waals surface area (Å²) in [5.74, 6) is 0.0375. The van der Waals surface area contributed by atoms with E-state index in [0.717, 1.165) is 0 Å². The Morgan fingerprint density at radius 1 is 1.60 bits per heavy atom. The highest BCUT2D eigenvalue weighted by Crippen LogP contribution is 2.29. The maximum Gasteiger partial charge on any atom is 0.327 e. The lowest BCUT2D eigenvalue weighted by molar-refractivity contribution is -0.141. The van der Waals surface area contributed by atoms with Crippen molar-refractivity contribution in [3.05, 3.63) is 12.2 Å². The monoisotopic (exact) mass is 299 g/mol. The molecule has 1 saturated heterocycles. The van der Waals surface area contributed by atoms with Crippen molar-refractivity contribution in [3.8, 4) is 0 Å². The second-order valence-corrected chi connectivity index (χ2v) is 6.01. The molecular weight excluding hydrogens is 282 g/mol. The molecule has 0 bridgehead atoms. The van der Waals surface area contributed by atoms with Crippen LogP contribution < -0.4 is 5.32 Å². The van der Waals surface area contributed by atoms with Crippen molar-refractivity contribution in [2.24, 2.45) is 7.05 Å². The second kappa shape index (κ2) is 5.70. The van der Waals surface area contributed by atoms with Crippen LogP contribution in [0.25, 0.3) is 0 Å². The number of carbonyl (C=O) groups is 2. The van der Waals surface area contributed by atoms with Crippen LogP contribution in [0.1, 0.15) is 25.7 Å². The van der Waals surface area contributed by atoms with Gasteiger partial charge in [-0.2, -0.15) is 0 Å². The van der Waals surface area contributed by atoms with Gasteiger partial charge in [-0.3, -0.25) is 4.90 Å². The quantitative estimate of drug-likeness (QED) is 0.839. The summed E-state index contributed by atoms with van der Waals surface area (Å²) < 4.78 is 1.71. The van der Waals surface area contributed by atoms with Gasteiger partial charge in [-0.15, -0.1) is 22.0 Å². The molecule has 2 heterocycles. The number of hydrogen-bond acceptors (Lipinski definition) is 5. The van der Waals surface area contributed by atoms with Gasteiger partial charge in [0.2, 0.25) is 0 Å². The molecule has 1 aromatic heterocycles. The lowest BCUT2D eigenvalue weighted by Gasteiger charge is -2.26. The van der Waals surface area contributed by atoms with E-state index in [4.69, 9.17) is 5.11 Å². The highest BCUT2D eigenvalue weighted by atomic mass is 32.2. The van der Waals surface area contributed by atoms with Gasteiger partial charge in [-0.1, -0.05) is 0 Å². The summed E-state index contributed by atoms with van der Waals surface area (Å²) in [5.41, 5.74) is 0. The number of aliphatic carboxylic acids is 1. The van der Waals surface area contributed by atoms with Gasteiger partial charge in [-0.25, -0.2) is 9.59 Å². The zero-order valence-electron chi connectivity index (χ0n) is 11.5. The number of amides is 2. The molecular formula is C11H17N5O3S. The first-order valence-electron chi connectivity index (χ1n) is 6.19. The number of carboxylic acid groups (broad SMARTS) is 1. The summed E-state index contributed by atoms with van der Waals surface area (Å²) in [6.07, 6.45) is 1.55. The van der Waals surface area contributed by atoms with Gasteiger partial charge in [0.15, 0.2) is 5.82 Å². The van der Waals surface area contributed by atoms with E-state index in [1.54, 1.807) is 24.9 Å². The molecule has 110 valence electrons. The molecule has 8 nitrogen and oxygen atoms in total. The Kier molecular flexibility index (Phi) is 4.17. The van der Waals surface area contributed by atoms with E-state index in [9.17, 15) is 9.59 Å². The SMILES string of the molecule is CC(NC(=O)N1C(C)SCC1C(=O)O)c1nncn1C. The first-order valence-corrected chi connectivity index (χ1v) is 7.23. The summed E-state index contributed by atoms with van der Waals surface area (Å²) in [6.45, 7) is 3.60. The molecule has 3 atom stereocenters. The van der Waals surface area contributed by atoms with Crippen molar-refractivity contribution in [1.29, 1.82) is 0 Å². The van der Waals surface area contributed by atoms with Crippen LogP contribution in [0.5, 0.6) is 0 Å². The predicted octanol–water partition coefficient (Wildman–Crippen LogP) is 0.434. The van der Waals surface area contributed by atoms with E-state index < -0.39 is 18.0 Å². The summed E-state index contributed by atoms with van der Waals surface area (Å²) in [5, 5.41) is 19.4. The third-order valence-electron chi connectivity index (χ3n) is 3.22. The molecule has 1 fully saturated rings. The zero-order valence-corrected chi connectivity index (χ0v) is 12.3. The smallest absolute Gasteiger partial charge is 0.327 e. The second-order valence-electron chi connectivity index (χ2n) is 4.67. The number of hydrogen-bond donors (Lipinski definition) is 2. The van der Waals surface area contributed by atoms with Crippen LogP contribution in [0.2, 0.25) is 0 Å². The summed E-state index contributed by atoms with van der Waals surface area (Å²) in [4.78, 5) is 24.8. The Morgan fingerprint density at radius 3 is 2.85 bits per heavy atom. The average molecular weight is 299 g/mol. The fraction of sp³-hybridized carbons (Fsp3) is 0.636. The minimum absolute atomic E-state index is 0.164. The Hall–Kier alpha value is -1.77. The Morgan fingerprint density at radius 2 is 2.30 bits per heavy atom. The van der Waals surface area contributed by atoms with Crippen LogP contribution in [-0.2, 0) is 11.8 Å². The van der Waals surface area contributed by atoms with Crippen molar-refractivity contribution in [1.82, 2.24) is 25.0 Å². The fourth-order valence-corrected chi connectivity index (χ4v) is 3.32. The van der Waals surface area contributed by atoms with Crippen LogP contribution >= 0.6 is 11.8 Å². The van der Waals surface area contributed by atoms with Crippen molar-refractivity contribution in [2.45, 2.75) is 31.3 Å². The molecule has 0 aromatic carbocycles.